The van der Waals surface area contributed by atoms with Gasteiger partial charge in [-0.1, -0.05) is 6.07 Å². The van der Waals surface area contributed by atoms with Crippen LogP contribution in [0.15, 0.2) is 30.3 Å². The van der Waals surface area contributed by atoms with E-state index in [0.717, 1.165) is 0 Å². The van der Waals surface area contributed by atoms with Crippen molar-refractivity contribution in [2.75, 3.05) is 0 Å². The molecule has 3 nitrogen and oxygen atoms in total. The van der Waals surface area contributed by atoms with Crippen LogP contribution in [0.5, 0.6) is 0 Å². The fourth-order valence-electron chi connectivity index (χ4n) is 0.506. The van der Waals surface area contributed by atoms with Gasteiger partial charge in [0, 0.05) is 0 Å². The molecule has 0 amide bonds. The van der Waals surface area contributed by atoms with Gasteiger partial charge in [-0.2, -0.15) is 17.7 Å². The Morgan fingerprint density at radius 1 is 1.25 bits per heavy atom. The van der Waals surface area contributed by atoms with Gasteiger partial charge in [0.2, 0.25) is 0 Å². The molecule has 1 N–H and O–H groups in total. The van der Waals surface area contributed by atoms with Crippen LogP contribution in [0.1, 0.15) is 5.56 Å². The van der Waals surface area contributed by atoms with Crippen molar-refractivity contribution >= 4 is 12.8 Å². The van der Waals surface area contributed by atoms with Crippen molar-refractivity contribution in [3.63, 3.8) is 0 Å². The van der Waals surface area contributed by atoms with Gasteiger partial charge in [0.1, 0.15) is 0 Å². The van der Waals surface area contributed by atoms with E-state index in [1.54, 1.807) is 30.6 Å². The van der Waals surface area contributed by atoms with E-state index in [0.29, 0.717) is 5.56 Å². The Hall–Kier alpha value is -0.640. The van der Waals surface area contributed by atoms with Crippen LogP contribution in [-0.2, 0) is 9.59 Å². The molecule has 0 spiro atoms. The molecule has 0 atom stereocenters. The summed E-state index contributed by atoms with van der Waals surface area (Å²) < 4.78 is 0. The molecule has 1 aromatic rings. The Morgan fingerprint density at radius 3 is 1.92 bits per heavy atom. The fraction of sp³-hybridized carbons (Fsp3) is 0. The molecule has 0 aliphatic heterocycles. The third-order valence-electron chi connectivity index (χ3n) is 0.892. The summed E-state index contributed by atoms with van der Waals surface area (Å²) in [4.78, 5) is 18.2. The molecule has 0 aliphatic rings. The first-order valence-electron chi connectivity index (χ1n) is 2.86. The Morgan fingerprint density at radius 2 is 1.67 bits per heavy atom. The molecule has 0 aromatic heterocycles. The second kappa shape index (κ2) is 10.4. The van der Waals surface area contributed by atoms with Crippen molar-refractivity contribution in [3.05, 3.63) is 35.9 Å². The van der Waals surface area contributed by atoms with Gasteiger partial charge in [-0.05, 0) is 0 Å². The minimum atomic E-state index is -0.250. The quantitative estimate of drug-likeness (QED) is 0.300. The van der Waals surface area contributed by atoms with Crippen LogP contribution < -0.4 is 29.6 Å². The van der Waals surface area contributed by atoms with Gasteiger partial charge >= 0.3 is 29.6 Å². The molecule has 0 aliphatic carbocycles. The third kappa shape index (κ3) is 7.47. The van der Waals surface area contributed by atoms with Crippen LogP contribution in [-0.4, -0.2) is 17.9 Å². The third-order valence-corrected chi connectivity index (χ3v) is 0.892. The Balaban J connectivity index is 0. The maximum Gasteiger partial charge on any atom is 1.00 e. The molecule has 1 aromatic carbocycles. The monoisotopic (exact) mass is 174 g/mol. The summed E-state index contributed by atoms with van der Waals surface area (Å²) in [5, 5.41) is 6.89. The molecular weight excluding hydrogens is 167 g/mol. The van der Waals surface area contributed by atoms with Crippen LogP contribution in [0.25, 0.3) is 0 Å². The zero-order valence-electron chi connectivity index (χ0n) is 6.73. The predicted molar refractivity (Wildman–Crippen MR) is 39.9 cm³/mol. The predicted octanol–water partition coefficient (Wildman–Crippen LogP) is -2.15. The summed E-state index contributed by atoms with van der Waals surface area (Å²) in [6.07, 6.45) is 1.78. The fourth-order valence-corrected chi connectivity index (χ4v) is 0.506. The number of carbonyl (C=O) groups is 1. The van der Waals surface area contributed by atoms with Crippen LogP contribution in [0.3, 0.4) is 0 Å². The first-order valence-corrected chi connectivity index (χ1v) is 2.86. The summed E-state index contributed by atoms with van der Waals surface area (Å²) in [5.41, 5.74) is 0.604. The maximum absolute atomic E-state index is 9.88. The molecule has 0 radical (unpaired) electrons. The number of carbonyl (C=O) groups excluding carboxylic acids is 1. The molecule has 12 heavy (non-hydrogen) atoms. The van der Waals surface area contributed by atoms with Gasteiger partial charge in [-0.15, -0.1) is 12.1 Å². The van der Waals surface area contributed by atoms with E-state index in [-0.39, 0.29) is 36.0 Å². The van der Waals surface area contributed by atoms with Crippen molar-refractivity contribution < 1.29 is 44.3 Å². The van der Waals surface area contributed by atoms with Crippen molar-refractivity contribution in [1.82, 2.24) is 0 Å². The zero-order chi connectivity index (χ0) is 8.53. The van der Waals surface area contributed by atoms with Crippen LogP contribution in [0, 0.1) is 0 Å². The first-order chi connectivity index (χ1) is 5.35. The van der Waals surface area contributed by atoms with Gasteiger partial charge in [-0.3, -0.25) is 4.79 Å². The van der Waals surface area contributed by atoms with Crippen molar-refractivity contribution in [2.24, 2.45) is 0 Å². The normalized spacial score (nSPS) is 6.67. The standard InChI is InChI=1S/C7H5O.CH2O2.Na/c8-6-7-4-2-1-3-5-7;2-1-3;/h1-5H;1H,(H,2,3);/q-1;;+1. The van der Waals surface area contributed by atoms with Crippen molar-refractivity contribution in [3.8, 4) is 0 Å². The number of hydrogen-bond donors (Lipinski definition) is 1. The van der Waals surface area contributed by atoms with Crippen LogP contribution in [0.2, 0.25) is 0 Å². The van der Waals surface area contributed by atoms with E-state index < -0.39 is 0 Å². The smallest absolute Gasteiger partial charge is 0.483 e. The second-order valence-corrected chi connectivity index (χ2v) is 1.57. The summed E-state index contributed by atoms with van der Waals surface area (Å²) in [6, 6.07) is 8.90. The Bertz CT molecular complexity index is 211. The molecule has 0 fully saturated rings. The van der Waals surface area contributed by atoms with Crippen LogP contribution in [0.4, 0.5) is 0 Å². The molecule has 0 saturated carbocycles. The molecule has 4 heteroatoms. The molecule has 0 bridgehead atoms. The van der Waals surface area contributed by atoms with E-state index in [1.165, 1.54) is 0 Å². The van der Waals surface area contributed by atoms with Gasteiger partial charge < -0.3 is 9.90 Å². The van der Waals surface area contributed by atoms with E-state index in [2.05, 4.69) is 0 Å². The topological polar surface area (TPSA) is 54.4 Å². The van der Waals surface area contributed by atoms with E-state index in [9.17, 15) is 4.79 Å². The SMILES string of the molecule is O=CO.O=[C-]c1ccccc1.[Na+]. The minimum Gasteiger partial charge on any atom is -0.483 e. The van der Waals surface area contributed by atoms with Gasteiger partial charge in [0.15, 0.2) is 0 Å². The number of rotatable bonds is 1. The summed E-state index contributed by atoms with van der Waals surface area (Å²) >= 11 is 0. The summed E-state index contributed by atoms with van der Waals surface area (Å²) in [6.45, 7) is -0.250. The largest absolute Gasteiger partial charge is 1.00 e. The van der Waals surface area contributed by atoms with E-state index in [1.807, 2.05) is 6.07 Å². The average Bonchev–Trinajstić information content (AvgIpc) is 2.08. The summed E-state index contributed by atoms with van der Waals surface area (Å²) in [5.74, 6) is 0. The number of benzene rings is 1. The van der Waals surface area contributed by atoms with Gasteiger partial charge in [0.25, 0.3) is 6.47 Å². The van der Waals surface area contributed by atoms with E-state index in [4.69, 9.17) is 9.90 Å². The Labute approximate surface area is 92.7 Å². The second-order valence-electron chi connectivity index (χ2n) is 1.57. The molecular formula is C8H7NaO3. The maximum atomic E-state index is 9.88. The molecule has 0 saturated heterocycles. The minimum absolute atomic E-state index is 0. The zero-order valence-corrected chi connectivity index (χ0v) is 8.73. The van der Waals surface area contributed by atoms with Crippen molar-refractivity contribution in [2.45, 2.75) is 0 Å². The van der Waals surface area contributed by atoms with Gasteiger partial charge in [0.05, 0.1) is 6.29 Å². The molecule has 1 rings (SSSR count). The summed E-state index contributed by atoms with van der Waals surface area (Å²) in [7, 11) is 0. The number of hydrogen-bond acceptors (Lipinski definition) is 2. The number of carboxylic acid groups (broad SMARTS) is 1. The Kier molecular flexibility index (Phi) is 12.0. The van der Waals surface area contributed by atoms with E-state index >= 15 is 0 Å². The molecule has 0 heterocycles. The van der Waals surface area contributed by atoms with Crippen LogP contribution >= 0.6 is 0 Å². The molecule has 0 unspecified atom stereocenters. The first kappa shape index (κ1) is 13.9. The van der Waals surface area contributed by atoms with Crippen molar-refractivity contribution in [1.29, 1.82) is 0 Å². The molecule has 58 valence electrons. The van der Waals surface area contributed by atoms with Gasteiger partial charge in [-0.25, -0.2) is 0 Å². The average molecular weight is 174 g/mol.